The van der Waals surface area contributed by atoms with Crippen LogP contribution in [0.2, 0.25) is 0 Å². The highest BCUT2D eigenvalue weighted by atomic mass is 127. The molecule has 0 aliphatic rings. The molecular weight excluding hydrogens is 589 g/mol. The van der Waals surface area contributed by atoms with E-state index >= 15 is 0 Å². The molecule has 0 unspecified atom stereocenters. The first-order valence-corrected chi connectivity index (χ1v) is 11.0. The number of carboxylic acids is 1. The van der Waals surface area contributed by atoms with Crippen molar-refractivity contribution in [3.63, 3.8) is 0 Å². The summed E-state index contributed by atoms with van der Waals surface area (Å²) in [6, 6.07) is 8.57. The zero-order valence-electron chi connectivity index (χ0n) is 15.6. The molecule has 3 N–H and O–H groups in total. The Hall–Kier alpha value is -2.25. The molecule has 0 aliphatic carbocycles. The van der Waals surface area contributed by atoms with Crippen LogP contribution < -0.4 is 9.47 Å². The number of nitrogens with zero attached hydrogens (tertiary/aromatic N) is 2. The number of halogens is 2. The van der Waals surface area contributed by atoms with E-state index in [2.05, 4.69) is 31.1 Å². The summed E-state index contributed by atoms with van der Waals surface area (Å²) in [5.41, 5.74) is 1.30. The van der Waals surface area contributed by atoms with Crippen LogP contribution in [0.1, 0.15) is 5.56 Å². The number of carboxylic acid groups (broad SMARTS) is 1. The van der Waals surface area contributed by atoms with Crippen molar-refractivity contribution in [3.05, 3.63) is 48.8 Å². The lowest BCUT2D eigenvalue weighted by Crippen LogP contribution is -1.97. The van der Waals surface area contributed by atoms with Crippen molar-refractivity contribution in [1.29, 1.82) is 0 Å². The van der Waals surface area contributed by atoms with E-state index in [0.29, 0.717) is 36.5 Å². The van der Waals surface area contributed by atoms with Gasteiger partial charge in [-0.15, -0.1) is 5.10 Å². The number of aromatic hydroxyl groups is 1. The third-order valence-corrected chi connectivity index (χ3v) is 6.14. The summed E-state index contributed by atoms with van der Waals surface area (Å²) < 4.78 is 11.6. The predicted molar refractivity (Wildman–Crippen MR) is 125 cm³/mol. The standard InChI is InChI=1S/C19H15BrIN3O5S/c1-28-11-6-10(7-12(8-11)29-2)17-22-19(24-23-17)30-15(18(26)27)5-9-3-13(20)16(25)14(21)4-9/h3-8,25H,1-2H3,(H,26,27)(H,22,23,24)/b15-5-. The molecule has 30 heavy (non-hydrogen) atoms. The van der Waals surface area contributed by atoms with Gasteiger partial charge in [0, 0.05) is 11.6 Å². The molecular formula is C19H15BrIN3O5S. The molecule has 0 fully saturated rings. The van der Waals surface area contributed by atoms with Crippen molar-refractivity contribution in [2.75, 3.05) is 14.2 Å². The average Bonchev–Trinajstić information content (AvgIpc) is 3.19. The number of benzene rings is 2. The Balaban J connectivity index is 1.90. The third kappa shape index (κ3) is 5.26. The Morgan fingerprint density at radius 3 is 2.43 bits per heavy atom. The van der Waals surface area contributed by atoms with Gasteiger partial charge in [0.1, 0.15) is 22.2 Å². The molecule has 0 amide bonds. The molecule has 3 rings (SSSR count). The first-order chi connectivity index (χ1) is 14.3. The second-order valence-electron chi connectivity index (χ2n) is 5.82. The number of aromatic amines is 1. The van der Waals surface area contributed by atoms with Crippen LogP contribution in [0.15, 0.2) is 44.9 Å². The molecule has 0 spiro atoms. The average molecular weight is 604 g/mol. The van der Waals surface area contributed by atoms with Gasteiger partial charge in [-0.05, 0) is 86.2 Å². The van der Waals surface area contributed by atoms with Crippen molar-refractivity contribution in [2.24, 2.45) is 0 Å². The Labute approximate surface area is 198 Å². The Morgan fingerprint density at radius 2 is 1.87 bits per heavy atom. The van der Waals surface area contributed by atoms with E-state index < -0.39 is 5.97 Å². The minimum absolute atomic E-state index is 0.0252. The van der Waals surface area contributed by atoms with E-state index in [9.17, 15) is 15.0 Å². The summed E-state index contributed by atoms with van der Waals surface area (Å²) in [6.07, 6.45) is 1.49. The fourth-order valence-corrected chi connectivity index (χ4v) is 4.62. The summed E-state index contributed by atoms with van der Waals surface area (Å²) in [6.45, 7) is 0. The van der Waals surface area contributed by atoms with E-state index in [1.54, 1.807) is 44.6 Å². The molecule has 0 radical (unpaired) electrons. The number of aliphatic carboxylic acids is 1. The highest BCUT2D eigenvalue weighted by Gasteiger charge is 2.16. The molecule has 0 aliphatic heterocycles. The number of methoxy groups -OCH3 is 2. The molecule has 1 aromatic heterocycles. The number of thioether (sulfide) groups is 1. The van der Waals surface area contributed by atoms with Crippen LogP contribution in [-0.4, -0.2) is 45.6 Å². The van der Waals surface area contributed by atoms with Crippen molar-refractivity contribution in [2.45, 2.75) is 5.16 Å². The number of H-pyrrole nitrogens is 1. The van der Waals surface area contributed by atoms with Crippen molar-refractivity contribution >= 4 is 62.3 Å². The van der Waals surface area contributed by atoms with Gasteiger partial charge in [0.2, 0.25) is 5.16 Å². The van der Waals surface area contributed by atoms with Crippen LogP contribution >= 0.6 is 50.3 Å². The normalized spacial score (nSPS) is 11.4. The number of carbonyl (C=O) groups is 1. The fraction of sp³-hybridized carbons (Fsp3) is 0.105. The van der Waals surface area contributed by atoms with Crippen LogP contribution in [-0.2, 0) is 4.79 Å². The van der Waals surface area contributed by atoms with Crippen molar-refractivity contribution < 1.29 is 24.5 Å². The minimum Gasteiger partial charge on any atom is -0.506 e. The van der Waals surface area contributed by atoms with Gasteiger partial charge in [-0.1, -0.05) is 0 Å². The Kier molecular flexibility index (Phi) is 7.26. The summed E-state index contributed by atoms with van der Waals surface area (Å²) in [5.74, 6) is 0.613. The first-order valence-electron chi connectivity index (χ1n) is 8.27. The lowest BCUT2D eigenvalue weighted by atomic mass is 10.2. The number of rotatable bonds is 7. The Morgan fingerprint density at radius 1 is 1.20 bits per heavy atom. The van der Waals surface area contributed by atoms with Crippen molar-refractivity contribution in [3.8, 4) is 28.6 Å². The third-order valence-electron chi connectivity index (χ3n) is 3.84. The fourth-order valence-electron chi connectivity index (χ4n) is 2.42. The number of hydrogen-bond donors (Lipinski definition) is 3. The van der Waals surface area contributed by atoms with Gasteiger partial charge in [-0.25, -0.2) is 9.78 Å². The first kappa shape index (κ1) is 22.4. The van der Waals surface area contributed by atoms with Gasteiger partial charge in [0.25, 0.3) is 0 Å². The van der Waals surface area contributed by atoms with Gasteiger partial charge in [-0.2, -0.15) is 0 Å². The highest BCUT2D eigenvalue weighted by molar-refractivity contribution is 14.1. The lowest BCUT2D eigenvalue weighted by Gasteiger charge is -2.06. The van der Waals surface area contributed by atoms with Gasteiger partial charge in [0.05, 0.1) is 22.3 Å². The van der Waals surface area contributed by atoms with E-state index in [0.717, 1.165) is 11.8 Å². The highest BCUT2D eigenvalue weighted by Crippen LogP contribution is 2.34. The van der Waals surface area contributed by atoms with E-state index in [4.69, 9.17) is 9.47 Å². The largest absolute Gasteiger partial charge is 0.506 e. The monoisotopic (exact) mass is 603 g/mol. The second kappa shape index (κ2) is 9.71. The number of phenols is 1. The number of nitrogens with one attached hydrogen (secondary N) is 1. The molecule has 2 aromatic carbocycles. The Bertz CT molecular complexity index is 1090. The molecule has 8 nitrogen and oxygen atoms in total. The quantitative estimate of drug-likeness (QED) is 0.201. The number of phenolic OH excluding ortho intramolecular Hbond substituents is 1. The van der Waals surface area contributed by atoms with Crippen LogP contribution in [0.4, 0.5) is 0 Å². The topological polar surface area (TPSA) is 118 Å². The summed E-state index contributed by atoms with van der Waals surface area (Å²) in [4.78, 5) is 16.1. The van der Waals surface area contributed by atoms with Gasteiger partial charge in [0.15, 0.2) is 5.82 Å². The maximum absolute atomic E-state index is 11.7. The van der Waals surface area contributed by atoms with Crippen LogP contribution in [0.5, 0.6) is 17.2 Å². The van der Waals surface area contributed by atoms with Crippen molar-refractivity contribution in [1.82, 2.24) is 15.2 Å². The maximum Gasteiger partial charge on any atom is 0.342 e. The number of aromatic nitrogens is 3. The molecule has 3 aromatic rings. The van der Waals surface area contributed by atoms with Crippen LogP contribution in [0.3, 0.4) is 0 Å². The summed E-state index contributed by atoms with van der Waals surface area (Å²) in [5, 5.41) is 26.6. The zero-order valence-corrected chi connectivity index (χ0v) is 20.2. The van der Waals surface area contributed by atoms with Gasteiger partial charge >= 0.3 is 5.97 Å². The molecule has 0 atom stereocenters. The van der Waals surface area contributed by atoms with E-state index in [1.165, 1.54) is 6.08 Å². The predicted octanol–water partition coefficient (Wildman–Crippen LogP) is 4.78. The molecule has 0 bridgehead atoms. The van der Waals surface area contributed by atoms with E-state index in [-0.39, 0.29) is 15.8 Å². The molecule has 11 heteroatoms. The van der Waals surface area contributed by atoms with Gasteiger partial charge < -0.3 is 19.7 Å². The van der Waals surface area contributed by atoms with Gasteiger partial charge in [-0.3, -0.25) is 5.10 Å². The van der Waals surface area contributed by atoms with Crippen LogP contribution in [0.25, 0.3) is 17.5 Å². The molecule has 0 saturated carbocycles. The number of hydrogen-bond acceptors (Lipinski definition) is 7. The smallest absolute Gasteiger partial charge is 0.342 e. The summed E-state index contributed by atoms with van der Waals surface area (Å²) in [7, 11) is 3.10. The SMILES string of the molecule is COc1cc(OC)cc(-c2nc(S/C(=C\c3cc(Br)c(O)c(I)c3)C(=O)O)n[nH]2)c1. The molecule has 156 valence electrons. The zero-order chi connectivity index (χ0) is 21.8. The summed E-state index contributed by atoms with van der Waals surface area (Å²) >= 11 is 6.13. The molecule has 0 saturated heterocycles. The maximum atomic E-state index is 11.7. The van der Waals surface area contributed by atoms with Crippen LogP contribution in [0, 0.1) is 3.57 Å². The van der Waals surface area contributed by atoms with E-state index in [1.807, 2.05) is 22.6 Å². The minimum atomic E-state index is -1.12. The lowest BCUT2D eigenvalue weighted by molar-refractivity contribution is -0.131. The second-order valence-corrected chi connectivity index (χ2v) is 8.84. The number of ether oxygens (including phenoxy) is 2. The molecule has 1 heterocycles.